The normalized spacial score (nSPS) is 25.9. The third kappa shape index (κ3) is 2.10. The van der Waals surface area contributed by atoms with Crippen LogP contribution in [0.3, 0.4) is 0 Å². The summed E-state index contributed by atoms with van der Waals surface area (Å²) in [6, 6.07) is 5.67. The molecule has 0 atom stereocenters. The van der Waals surface area contributed by atoms with Crippen molar-refractivity contribution in [3.05, 3.63) is 29.6 Å². The highest BCUT2D eigenvalue weighted by Gasteiger charge is 2.26. The van der Waals surface area contributed by atoms with Crippen molar-refractivity contribution < 1.29 is 4.39 Å². The molecule has 2 N–H and O–H groups in total. The van der Waals surface area contributed by atoms with E-state index in [0.717, 1.165) is 23.3 Å². The van der Waals surface area contributed by atoms with Gasteiger partial charge in [-0.15, -0.1) is 11.8 Å². The molecular formula is C11H14FNS. The van der Waals surface area contributed by atoms with E-state index in [1.165, 1.54) is 6.07 Å². The van der Waals surface area contributed by atoms with Gasteiger partial charge in [-0.2, -0.15) is 0 Å². The minimum atomic E-state index is -0.125. The molecule has 2 rings (SSSR count). The van der Waals surface area contributed by atoms with Gasteiger partial charge in [0.2, 0.25) is 0 Å². The number of rotatable bonds is 2. The molecule has 0 amide bonds. The van der Waals surface area contributed by atoms with Crippen molar-refractivity contribution in [2.24, 2.45) is 5.73 Å². The van der Waals surface area contributed by atoms with Crippen LogP contribution in [0, 0.1) is 12.7 Å². The van der Waals surface area contributed by atoms with Gasteiger partial charge in [-0.1, -0.05) is 0 Å². The van der Waals surface area contributed by atoms with E-state index in [1.807, 2.05) is 23.9 Å². The van der Waals surface area contributed by atoms with E-state index in [-0.39, 0.29) is 5.82 Å². The zero-order chi connectivity index (χ0) is 10.1. The van der Waals surface area contributed by atoms with Crippen LogP contribution in [0.25, 0.3) is 0 Å². The fourth-order valence-electron chi connectivity index (χ4n) is 1.59. The number of aryl methyl sites for hydroxylation is 1. The number of hydrogen-bond acceptors (Lipinski definition) is 2. The highest BCUT2D eigenvalue weighted by Crippen LogP contribution is 2.36. The van der Waals surface area contributed by atoms with Gasteiger partial charge in [0.25, 0.3) is 0 Å². The summed E-state index contributed by atoms with van der Waals surface area (Å²) in [5, 5.41) is 0.634. The molecule has 76 valence electrons. The summed E-state index contributed by atoms with van der Waals surface area (Å²) >= 11 is 1.81. The van der Waals surface area contributed by atoms with E-state index in [2.05, 4.69) is 0 Å². The summed E-state index contributed by atoms with van der Waals surface area (Å²) in [5.41, 5.74) is 6.42. The van der Waals surface area contributed by atoms with Crippen LogP contribution < -0.4 is 5.73 Å². The smallest absolute Gasteiger partial charge is 0.126 e. The van der Waals surface area contributed by atoms with Gasteiger partial charge in [-0.05, 0) is 43.5 Å². The molecule has 0 spiro atoms. The predicted molar refractivity (Wildman–Crippen MR) is 58.0 cm³/mol. The minimum Gasteiger partial charge on any atom is -0.328 e. The Morgan fingerprint density at radius 1 is 1.43 bits per heavy atom. The number of benzene rings is 1. The molecule has 0 radical (unpaired) electrons. The molecule has 1 fully saturated rings. The molecule has 0 aromatic heterocycles. The average molecular weight is 211 g/mol. The standard InChI is InChI=1S/C11H14FNS/c1-7-4-9(2-3-11(7)12)14-10-5-8(13)6-10/h2-4,8,10H,5-6,13H2,1H3. The van der Waals surface area contributed by atoms with Gasteiger partial charge in [0.05, 0.1) is 0 Å². The van der Waals surface area contributed by atoms with Crippen LogP contribution in [0.5, 0.6) is 0 Å². The van der Waals surface area contributed by atoms with Crippen LogP contribution in [0.2, 0.25) is 0 Å². The maximum absolute atomic E-state index is 13.0. The van der Waals surface area contributed by atoms with Gasteiger partial charge < -0.3 is 5.73 Å². The first-order valence-electron chi connectivity index (χ1n) is 4.83. The average Bonchev–Trinajstić information content (AvgIpc) is 2.09. The Morgan fingerprint density at radius 2 is 2.14 bits per heavy atom. The Bertz CT molecular complexity index is 334. The highest BCUT2D eigenvalue weighted by molar-refractivity contribution is 8.00. The topological polar surface area (TPSA) is 26.0 Å². The van der Waals surface area contributed by atoms with Crippen molar-refractivity contribution >= 4 is 11.8 Å². The van der Waals surface area contributed by atoms with Crippen molar-refractivity contribution in [2.75, 3.05) is 0 Å². The first-order valence-corrected chi connectivity index (χ1v) is 5.71. The van der Waals surface area contributed by atoms with Gasteiger partial charge in [0.15, 0.2) is 0 Å². The minimum absolute atomic E-state index is 0.125. The molecule has 1 saturated carbocycles. The van der Waals surface area contributed by atoms with Crippen molar-refractivity contribution in [3.8, 4) is 0 Å². The molecule has 1 nitrogen and oxygen atoms in total. The lowest BCUT2D eigenvalue weighted by atomic mass is 9.94. The number of halogens is 1. The second kappa shape index (κ2) is 3.91. The van der Waals surface area contributed by atoms with E-state index >= 15 is 0 Å². The van der Waals surface area contributed by atoms with Crippen molar-refractivity contribution in [3.63, 3.8) is 0 Å². The lowest BCUT2D eigenvalue weighted by molar-refractivity contribution is 0.433. The summed E-state index contributed by atoms with van der Waals surface area (Å²) in [4.78, 5) is 1.15. The molecule has 1 aromatic rings. The largest absolute Gasteiger partial charge is 0.328 e. The summed E-state index contributed by atoms with van der Waals surface area (Å²) in [6.45, 7) is 1.80. The lowest BCUT2D eigenvalue weighted by Crippen LogP contribution is -2.38. The molecule has 0 unspecified atom stereocenters. The number of thioether (sulfide) groups is 1. The van der Waals surface area contributed by atoms with E-state index in [4.69, 9.17) is 5.73 Å². The van der Waals surface area contributed by atoms with Crippen LogP contribution in [-0.4, -0.2) is 11.3 Å². The molecule has 1 aliphatic carbocycles. The molecule has 3 heteroatoms. The predicted octanol–water partition coefficient (Wildman–Crippen LogP) is 2.72. The van der Waals surface area contributed by atoms with Gasteiger partial charge in [-0.25, -0.2) is 4.39 Å². The fraction of sp³-hybridized carbons (Fsp3) is 0.455. The zero-order valence-corrected chi connectivity index (χ0v) is 8.98. The highest BCUT2D eigenvalue weighted by atomic mass is 32.2. The summed E-state index contributed by atoms with van der Waals surface area (Å²) in [6.07, 6.45) is 2.17. The van der Waals surface area contributed by atoms with Crippen LogP contribution in [-0.2, 0) is 0 Å². The zero-order valence-electron chi connectivity index (χ0n) is 8.16. The van der Waals surface area contributed by atoms with E-state index in [0.29, 0.717) is 11.3 Å². The molecule has 1 aliphatic rings. The number of nitrogens with two attached hydrogens (primary N) is 1. The maximum atomic E-state index is 13.0. The lowest BCUT2D eigenvalue weighted by Gasteiger charge is -2.31. The molecular weight excluding hydrogens is 197 g/mol. The van der Waals surface area contributed by atoms with Gasteiger partial charge in [0, 0.05) is 16.2 Å². The third-order valence-corrected chi connectivity index (χ3v) is 3.81. The van der Waals surface area contributed by atoms with Gasteiger partial charge >= 0.3 is 0 Å². The summed E-state index contributed by atoms with van der Waals surface area (Å²) < 4.78 is 13.0. The van der Waals surface area contributed by atoms with Crippen LogP contribution in [0.1, 0.15) is 18.4 Å². The van der Waals surface area contributed by atoms with E-state index in [1.54, 1.807) is 6.92 Å². The second-order valence-corrected chi connectivity index (χ2v) is 5.26. The summed E-state index contributed by atoms with van der Waals surface area (Å²) in [5.74, 6) is -0.125. The van der Waals surface area contributed by atoms with Crippen LogP contribution in [0.4, 0.5) is 4.39 Å². The Kier molecular flexibility index (Phi) is 2.79. The molecule has 14 heavy (non-hydrogen) atoms. The van der Waals surface area contributed by atoms with Crippen molar-refractivity contribution in [1.29, 1.82) is 0 Å². The van der Waals surface area contributed by atoms with Gasteiger partial charge in [0.1, 0.15) is 5.82 Å². The molecule has 0 heterocycles. The quantitative estimate of drug-likeness (QED) is 0.814. The van der Waals surface area contributed by atoms with E-state index < -0.39 is 0 Å². The van der Waals surface area contributed by atoms with E-state index in [9.17, 15) is 4.39 Å². The molecule has 0 bridgehead atoms. The Balaban J connectivity index is 2.00. The molecule has 0 aliphatic heterocycles. The molecule has 0 saturated heterocycles. The second-order valence-electron chi connectivity index (χ2n) is 3.88. The van der Waals surface area contributed by atoms with Crippen LogP contribution >= 0.6 is 11.8 Å². The molecule has 1 aromatic carbocycles. The van der Waals surface area contributed by atoms with Crippen molar-refractivity contribution in [2.45, 2.75) is 36.0 Å². The Morgan fingerprint density at radius 3 is 2.71 bits per heavy atom. The Hall–Kier alpha value is -0.540. The fourth-order valence-corrected chi connectivity index (χ4v) is 3.05. The first-order chi connectivity index (χ1) is 6.65. The maximum Gasteiger partial charge on any atom is 0.126 e. The monoisotopic (exact) mass is 211 g/mol. The SMILES string of the molecule is Cc1cc(SC2CC(N)C2)ccc1F. The van der Waals surface area contributed by atoms with Crippen molar-refractivity contribution in [1.82, 2.24) is 0 Å². The van der Waals surface area contributed by atoms with Crippen LogP contribution in [0.15, 0.2) is 23.1 Å². The summed E-state index contributed by atoms with van der Waals surface area (Å²) in [7, 11) is 0. The first kappa shape index (κ1) is 9.99. The third-order valence-electron chi connectivity index (χ3n) is 2.56. The van der Waals surface area contributed by atoms with Gasteiger partial charge in [-0.3, -0.25) is 0 Å². The number of hydrogen-bond donors (Lipinski definition) is 1. The Labute approximate surface area is 87.9 Å².